The molecule has 0 unspecified atom stereocenters. The zero-order valence-corrected chi connectivity index (χ0v) is 6.29. The molecule has 1 aliphatic heterocycles. The van der Waals surface area contributed by atoms with Gasteiger partial charge in [-0.2, -0.15) is 0 Å². The van der Waals surface area contributed by atoms with Crippen LogP contribution < -0.4 is 0 Å². The van der Waals surface area contributed by atoms with E-state index in [9.17, 15) is 0 Å². The molecular formula is C8H11NO. The number of hydrogen-bond donors (Lipinski definition) is 0. The predicted molar refractivity (Wildman–Crippen MR) is 42.0 cm³/mol. The van der Waals surface area contributed by atoms with Crippen LogP contribution in [0.25, 0.3) is 0 Å². The van der Waals surface area contributed by atoms with Gasteiger partial charge in [0, 0.05) is 6.21 Å². The van der Waals surface area contributed by atoms with Crippen LogP contribution in [0.1, 0.15) is 13.3 Å². The highest BCUT2D eigenvalue weighted by Crippen LogP contribution is 2.12. The maximum Gasteiger partial charge on any atom is 0.212 e. The second-order valence-corrected chi connectivity index (χ2v) is 2.20. The Balaban J connectivity index is 2.82. The zero-order chi connectivity index (χ0) is 7.40. The average molecular weight is 137 g/mol. The third-order valence-corrected chi connectivity index (χ3v) is 1.40. The minimum Gasteiger partial charge on any atom is -0.481 e. The van der Waals surface area contributed by atoms with Gasteiger partial charge in [-0.3, -0.25) is 0 Å². The normalized spacial score (nSPS) is 17.4. The maximum absolute atomic E-state index is 5.03. The minimum atomic E-state index is 0.741. The lowest BCUT2D eigenvalue weighted by Gasteiger charge is -2.01. The average Bonchev–Trinajstić information content (AvgIpc) is 2.13. The summed E-state index contributed by atoms with van der Waals surface area (Å²) in [5, 5.41) is 0. The van der Waals surface area contributed by atoms with Crippen molar-refractivity contribution in [2.24, 2.45) is 4.99 Å². The number of ether oxygens (including phenoxy) is 1. The van der Waals surface area contributed by atoms with Crippen molar-refractivity contribution in [1.29, 1.82) is 0 Å². The number of methoxy groups -OCH3 is 1. The van der Waals surface area contributed by atoms with E-state index in [-0.39, 0.29) is 0 Å². The molecule has 0 bridgehead atoms. The fraction of sp³-hybridized carbons (Fsp3) is 0.375. The smallest absolute Gasteiger partial charge is 0.212 e. The molecule has 2 heteroatoms. The molecule has 0 atom stereocenters. The zero-order valence-electron chi connectivity index (χ0n) is 6.29. The number of rotatable bonds is 1. The van der Waals surface area contributed by atoms with Crippen LogP contribution in [0.4, 0.5) is 0 Å². The molecule has 1 heterocycles. The molecule has 0 fully saturated rings. The lowest BCUT2D eigenvalue weighted by Crippen LogP contribution is -1.86. The molecule has 0 saturated carbocycles. The molecule has 54 valence electrons. The lowest BCUT2D eigenvalue weighted by molar-refractivity contribution is 0.283. The Hall–Kier alpha value is -1.05. The highest BCUT2D eigenvalue weighted by Gasteiger charge is 1.99. The van der Waals surface area contributed by atoms with Crippen molar-refractivity contribution in [3.63, 3.8) is 0 Å². The van der Waals surface area contributed by atoms with Gasteiger partial charge in [-0.25, -0.2) is 4.99 Å². The summed E-state index contributed by atoms with van der Waals surface area (Å²) in [7, 11) is 1.64. The van der Waals surface area contributed by atoms with Gasteiger partial charge in [-0.15, -0.1) is 0 Å². The van der Waals surface area contributed by atoms with Gasteiger partial charge < -0.3 is 4.74 Å². The van der Waals surface area contributed by atoms with Crippen LogP contribution in [0.2, 0.25) is 0 Å². The Morgan fingerprint density at radius 2 is 2.40 bits per heavy atom. The van der Waals surface area contributed by atoms with Crippen LogP contribution in [0.15, 0.2) is 28.6 Å². The van der Waals surface area contributed by atoms with E-state index < -0.39 is 0 Å². The van der Waals surface area contributed by atoms with Gasteiger partial charge >= 0.3 is 0 Å². The summed E-state index contributed by atoms with van der Waals surface area (Å²) in [5.41, 5.74) is 1.17. The summed E-state index contributed by atoms with van der Waals surface area (Å²) in [6.45, 7) is 2.02. The quantitative estimate of drug-likeness (QED) is 0.541. The second kappa shape index (κ2) is 3.20. The second-order valence-electron chi connectivity index (χ2n) is 2.20. The van der Waals surface area contributed by atoms with Crippen molar-refractivity contribution in [3.8, 4) is 0 Å². The molecule has 0 aromatic carbocycles. The van der Waals surface area contributed by atoms with E-state index in [2.05, 4.69) is 11.1 Å². The molecule has 2 nitrogen and oxygen atoms in total. The fourth-order valence-corrected chi connectivity index (χ4v) is 0.841. The number of aliphatic imine (C=N–C) groups is 1. The summed E-state index contributed by atoms with van der Waals surface area (Å²) < 4.78 is 5.03. The van der Waals surface area contributed by atoms with Gasteiger partial charge in [0.2, 0.25) is 5.88 Å². The van der Waals surface area contributed by atoms with Gasteiger partial charge in [0.15, 0.2) is 0 Å². The molecule has 0 saturated heterocycles. The first-order valence-corrected chi connectivity index (χ1v) is 3.27. The van der Waals surface area contributed by atoms with Crippen molar-refractivity contribution >= 4 is 6.21 Å². The van der Waals surface area contributed by atoms with E-state index >= 15 is 0 Å². The summed E-state index contributed by atoms with van der Waals surface area (Å²) >= 11 is 0. The van der Waals surface area contributed by atoms with Crippen molar-refractivity contribution in [3.05, 3.63) is 23.6 Å². The van der Waals surface area contributed by atoms with E-state index in [4.69, 9.17) is 4.74 Å². The lowest BCUT2D eigenvalue weighted by atomic mass is 10.2. The standard InChI is InChI=1S/C8H11NO/c1-7-5-3-4-6-9-8(7)10-2/h3-4,6H,5H2,1-2H3. The third-order valence-electron chi connectivity index (χ3n) is 1.40. The Labute approximate surface area is 60.9 Å². The number of allylic oxidation sites excluding steroid dienone is 3. The van der Waals surface area contributed by atoms with E-state index in [1.54, 1.807) is 13.3 Å². The first-order valence-electron chi connectivity index (χ1n) is 3.27. The van der Waals surface area contributed by atoms with Gasteiger partial charge in [0.05, 0.1) is 7.11 Å². The van der Waals surface area contributed by atoms with Crippen molar-refractivity contribution in [2.45, 2.75) is 13.3 Å². The van der Waals surface area contributed by atoms with Gasteiger partial charge in [0.1, 0.15) is 0 Å². The Morgan fingerprint density at radius 3 is 3.10 bits per heavy atom. The van der Waals surface area contributed by atoms with Crippen LogP contribution in [-0.2, 0) is 4.74 Å². The minimum absolute atomic E-state index is 0.741. The molecule has 0 spiro atoms. The van der Waals surface area contributed by atoms with E-state index in [1.807, 2.05) is 13.0 Å². The first kappa shape index (κ1) is 7.06. The molecule has 0 N–H and O–H groups in total. The molecular weight excluding hydrogens is 126 g/mol. The van der Waals surface area contributed by atoms with E-state index in [1.165, 1.54) is 5.57 Å². The molecule has 0 amide bonds. The van der Waals surface area contributed by atoms with Crippen molar-refractivity contribution in [2.75, 3.05) is 7.11 Å². The van der Waals surface area contributed by atoms with Crippen LogP contribution in [0.5, 0.6) is 0 Å². The van der Waals surface area contributed by atoms with Gasteiger partial charge in [-0.1, -0.05) is 6.08 Å². The monoisotopic (exact) mass is 137 g/mol. The Kier molecular flexibility index (Phi) is 2.26. The summed E-state index contributed by atoms with van der Waals surface area (Å²) in [6, 6.07) is 0. The molecule has 0 aromatic rings. The van der Waals surface area contributed by atoms with Crippen molar-refractivity contribution < 1.29 is 4.74 Å². The van der Waals surface area contributed by atoms with Crippen LogP contribution in [-0.4, -0.2) is 13.3 Å². The molecule has 0 aromatic heterocycles. The molecule has 1 aliphatic rings. The largest absolute Gasteiger partial charge is 0.481 e. The van der Waals surface area contributed by atoms with E-state index in [0.29, 0.717) is 0 Å². The highest BCUT2D eigenvalue weighted by molar-refractivity contribution is 5.72. The predicted octanol–water partition coefficient (Wildman–Crippen LogP) is 1.90. The number of hydrogen-bond acceptors (Lipinski definition) is 2. The molecule has 0 radical (unpaired) electrons. The first-order chi connectivity index (χ1) is 4.84. The van der Waals surface area contributed by atoms with E-state index in [0.717, 1.165) is 12.3 Å². The Morgan fingerprint density at radius 1 is 1.60 bits per heavy atom. The van der Waals surface area contributed by atoms with Crippen molar-refractivity contribution in [1.82, 2.24) is 0 Å². The highest BCUT2D eigenvalue weighted by atomic mass is 16.5. The Bertz CT molecular complexity index is 201. The number of nitrogens with zero attached hydrogens (tertiary/aromatic N) is 1. The van der Waals surface area contributed by atoms with Crippen LogP contribution in [0, 0.1) is 0 Å². The van der Waals surface area contributed by atoms with Crippen LogP contribution >= 0.6 is 0 Å². The topological polar surface area (TPSA) is 21.6 Å². The molecule has 1 rings (SSSR count). The molecule has 10 heavy (non-hydrogen) atoms. The maximum atomic E-state index is 5.03. The molecule has 0 aliphatic carbocycles. The van der Waals surface area contributed by atoms with Gasteiger partial charge in [0.25, 0.3) is 0 Å². The fourth-order valence-electron chi connectivity index (χ4n) is 0.841. The summed E-state index contributed by atoms with van der Waals surface area (Å²) in [5.74, 6) is 0.741. The van der Waals surface area contributed by atoms with Gasteiger partial charge in [-0.05, 0) is 25.0 Å². The summed E-state index contributed by atoms with van der Waals surface area (Å²) in [6.07, 6.45) is 6.67. The third kappa shape index (κ3) is 1.47. The summed E-state index contributed by atoms with van der Waals surface area (Å²) in [4.78, 5) is 4.07. The SMILES string of the molecule is COC1=C(C)CC=CC=N1. The van der Waals surface area contributed by atoms with Crippen LogP contribution in [0.3, 0.4) is 0 Å².